The van der Waals surface area contributed by atoms with E-state index in [4.69, 9.17) is 14.2 Å². The molecule has 1 N–H and O–H groups in total. The Kier molecular flexibility index (Phi) is 5.78. The molecule has 24 heavy (non-hydrogen) atoms. The van der Waals surface area contributed by atoms with Gasteiger partial charge in [-0.25, -0.2) is 4.79 Å². The van der Waals surface area contributed by atoms with Crippen LogP contribution in [0, 0.1) is 0 Å². The van der Waals surface area contributed by atoms with E-state index in [1.54, 1.807) is 55.6 Å². The third-order valence-electron chi connectivity index (χ3n) is 3.32. The van der Waals surface area contributed by atoms with Crippen molar-refractivity contribution < 1.29 is 23.8 Å². The van der Waals surface area contributed by atoms with Crippen LogP contribution in [0.5, 0.6) is 11.5 Å². The predicted molar refractivity (Wildman–Crippen MR) is 89.5 cm³/mol. The average molecular weight is 329 g/mol. The second-order valence-corrected chi connectivity index (χ2v) is 5.00. The highest BCUT2D eigenvalue weighted by Gasteiger charge is 2.19. The molecule has 0 saturated heterocycles. The summed E-state index contributed by atoms with van der Waals surface area (Å²) in [5.74, 6) is 0.252. The van der Waals surface area contributed by atoms with E-state index in [-0.39, 0.29) is 0 Å². The molecule has 6 heteroatoms. The molecular weight excluding hydrogens is 310 g/mol. The van der Waals surface area contributed by atoms with Gasteiger partial charge in [0.1, 0.15) is 11.5 Å². The van der Waals surface area contributed by atoms with Crippen molar-refractivity contribution in [3.63, 3.8) is 0 Å². The van der Waals surface area contributed by atoms with E-state index in [0.717, 1.165) is 0 Å². The lowest BCUT2D eigenvalue weighted by Gasteiger charge is -2.14. The van der Waals surface area contributed by atoms with Gasteiger partial charge in [0.25, 0.3) is 5.91 Å². The van der Waals surface area contributed by atoms with E-state index >= 15 is 0 Å². The molecule has 2 rings (SSSR count). The number of methoxy groups -OCH3 is 2. The monoisotopic (exact) mass is 329 g/mol. The van der Waals surface area contributed by atoms with Gasteiger partial charge in [-0.1, -0.05) is 6.07 Å². The van der Waals surface area contributed by atoms with Gasteiger partial charge in [-0.15, -0.1) is 0 Å². The molecule has 0 saturated carbocycles. The molecular formula is C18H19NO5. The summed E-state index contributed by atoms with van der Waals surface area (Å²) in [5.41, 5.74) is 0.906. The molecule has 0 fully saturated rings. The highest BCUT2D eigenvalue weighted by atomic mass is 16.5. The normalized spacial score (nSPS) is 11.3. The van der Waals surface area contributed by atoms with Crippen LogP contribution in [0.4, 0.5) is 5.69 Å². The zero-order chi connectivity index (χ0) is 17.5. The molecule has 0 aromatic heterocycles. The zero-order valence-electron chi connectivity index (χ0n) is 13.7. The summed E-state index contributed by atoms with van der Waals surface area (Å²) in [7, 11) is 3.08. The number of hydrogen-bond donors (Lipinski definition) is 1. The number of nitrogens with one attached hydrogen (secondary N) is 1. The van der Waals surface area contributed by atoms with Crippen molar-refractivity contribution in [3.8, 4) is 11.5 Å². The van der Waals surface area contributed by atoms with Gasteiger partial charge in [-0.3, -0.25) is 4.79 Å². The fraction of sp³-hybridized carbons (Fsp3) is 0.222. The Morgan fingerprint density at radius 2 is 1.62 bits per heavy atom. The first-order valence-electron chi connectivity index (χ1n) is 7.33. The average Bonchev–Trinajstić information content (AvgIpc) is 2.61. The van der Waals surface area contributed by atoms with Crippen LogP contribution < -0.4 is 14.8 Å². The Labute approximate surface area is 140 Å². The SMILES string of the molecule is COc1ccc(C(=O)O[C@@H](C)C(=O)Nc2cccc(OC)c2)cc1. The van der Waals surface area contributed by atoms with E-state index in [9.17, 15) is 9.59 Å². The number of ether oxygens (including phenoxy) is 3. The third kappa shape index (κ3) is 4.49. The Morgan fingerprint density at radius 1 is 0.958 bits per heavy atom. The molecule has 0 aliphatic rings. The Hall–Kier alpha value is -3.02. The summed E-state index contributed by atoms with van der Waals surface area (Å²) < 4.78 is 15.3. The maximum absolute atomic E-state index is 12.1. The van der Waals surface area contributed by atoms with E-state index in [1.165, 1.54) is 14.0 Å². The smallest absolute Gasteiger partial charge is 0.338 e. The van der Waals surface area contributed by atoms with E-state index in [1.807, 2.05) is 0 Å². The number of amides is 1. The molecule has 1 amide bonds. The molecule has 0 spiro atoms. The summed E-state index contributed by atoms with van der Waals surface area (Å²) in [6, 6.07) is 13.4. The Morgan fingerprint density at radius 3 is 2.25 bits per heavy atom. The van der Waals surface area contributed by atoms with Crippen molar-refractivity contribution in [2.45, 2.75) is 13.0 Å². The second kappa shape index (κ2) is 8.01. The Bertz CT molecular complexity index is 712. The van der Waals surface area contributed by atoms with Gasteiger partial charge in [0, 0.05) is 11.8 Å². The van der Waals surface area contributed by atoms with Crippen molar-refractivity contribution in [2.24, 2.45) is 0 Å². The van der Waals surface area contributed by atoms with Crippen LogP contribution in [-0.2, 0) is 9.53 Å². The maximum Gasteiger partial charge on any atom is 0.338 e. The molecule has 0 heterocycles. The highest BCUT2D eigenvalue weighted by Crippen LogP contribution is 2.17. The number of benzene rings is 2. The molecule has 6 nitrogen and oxygen atoms in total. The van der Waals surface area contributed by atoms with Gasteiger partial charge in [0.15, 0.2) is 6.10 Å². The molecule has 0 unspecified atom stereocenters. The van der Waals surface area contributed by atoms with Gasteiger partial charge in [-0.05, 0) is 43.3 Å². The first-order chi connectivity index (χ1) is 11.5. The van der Waals surface area contributed by atoms with Gasteiger partial charge in [0.05, 0.1) is 19.8 Å². The quantitative estimate of drug-likeness (QED) is 0.825. The van der Waals surface area contributed by atoms with Crippen molar-refractivity contribution in [2.75, 3.05) is 19.5 Å². The number of esters is 1. The summed E-state index contributed by atoms with van der Waals surface area (Å²) in [5, 5.41) is 2.68. The Balaban J connectivity index is 1.95. The van der Waals surface area contributed by atoms with E-state index < -0.39 is 18.0 Å². The fourth-order valence-corrected chi connectivity index (χ4v) is 1.95. The minimum absolute atomic E-state index is 0.344. The van der Waals surface area contributed by atoms with Crippen molar-refractivity contribution in [1.29, 1.82) is 0 Å². The topological polar surface area (TPSA) is 73.9 Å². The molecule has 2 aromatic carbocycles. The molecule has 1 atom stereocenters. The largest absolute Gasteiger partial charge is 0.497 e. The minimum atomic E-state index is -0.939. The summed E-state index contributed by atoms with van der Waals surface area (Å²) in [6.07, 6.45) is -0.939. The van der Waals surface area contributed by atoms with Crippen molar-refractivity contribution >= 4 is 17.6 Å². The lowest BCUT2D eigenvalue weighted by Crippen LogP contribution is -2.30. The lowest BCUT2D eigenvalue weighted by molar-refractivity contribution is -0.123. The van der Waals surface area contributed by atoms with Crippen LogP contribution in [0.2, 0.25) is 0 Å². The summed E-state index contributed by atoms with van der Waals surface area (Å²) in [4.78, 5) is 24.2. The van der Waals surface area contributed by atoms with Crippen LogP contribution in [0.25, 0.3) is 0 Å². The van der Waals surface area contributed by atoms with Crippen LogP contribution in [0.3, 0.4) is 0 Å². The van der Waals surface area contributed by atoms with E-state index in [2.05, 4.69) is 5.32 Å². The molecule has 0 radical (unpaired) electrons. The minimum Gasteiger partial charge on any atom is -0.497 e. The standard InChI is InChI=1S/C18H19NO5/c1-12(17(20)19-14-5-4-6-16(11-14)23-3)24-18(21)13-7-9-15(22-2)10-8-13/h4-12H,1-3H3,(H,19,20)/t12-/m0/s1. The van der Waals surface area contributed by atoms with Gasteiger partial charge >= 0.3 is 5.97 Å². The van der Waals surface area contributed by atoms with Crippen LogP contribution in [0.1, 0.15) is 17.3 Å². The molecule has 0 aliphatic carbocycles. The predicted octanol–water partition coefficient (Wildman–Crippen LogP) is 2.89. The van der Waals surface area contributed by atoms with E-state index in [0.29, 0.717) is 22.7 Å². The highest BCUT2D eigenvalue weighted by molar-refractivity contribution is 5.97. The number of carbonyl (C=O) groups is 2. The summed E-state index contributed by atoms with van der Waals surface area (Å²) in [6.45, 7) is 1.51. The van der Waals surface area contributed by atoms with Crippen molar-refractivity contribution in [3.05, 3.63) is 54.1 Å². The molecule has 0 aliphatic heterocycles. The zero-order valence-corrected chi connectivity index (χ0v) is 13.7. The van der Waals surface area contributed by atoms with Crippen molar-refractivity contribution in [1.82, 2.24) is 0 Å². The number of carbonyl (C=O) groups excluding carboxylic acids is 2. The second-order valence-electron chi connectivity index (χ2n) is 5.00. The number of rotatable bonds is 6. The first-order valence-corrected chi connectivity index (χ1v) is 7.33. The molecule has 126 valence electrons. The van der Waals surface area contributed by atoms with Gasteiger partial charge < -0.3 is 19.5 Å². The summed E-state index contributed by atoms with van der Waals surface area (Å²) >= 11 is 0. The van der Waals surface area contributed by atoms with Crippen LogP contribution in [-0.4, -0.2) is 32.2 Å². The molecule has 0 bridgehead atoms. The van der Waals surface area contributed by atoms with Gasteiger partial charge in [0.2, 0.25) is 0 Å². The fourth-order valence-electron chi connectivity index (χ4n) is 1.95. The third-order valence-corrected chi connectivity index (χ3v) is 3.32. The van der Waals surface area contributed by atoms with Gasteiger partial charge in [-0.2, -0.15) is 0 Å². The van der Waals surface area contributed by atoms with Crippen LogP contribution >= 0.6 is 0 Å². The first kappa shape index (κ1) is 17.3. The number of hydrogen-bond acceptors (Lipinski definition) is 5. The maximum atomic E-state index is 12.1. The van der Waals surface area contributed by atoms with Crippen LogP contribution in [0.15, 0.2) is 48.5 Å². The lowest BCUT2D eigenvalue weighted by atomic mass is 10.2. The molecule has 2 aromatic rings. The number of anilines is 1.